The lowest BCUT2D eigenvalue weighted by molar-refractivity contribution is 1.60. The molecule has 2 aliphatic carbocycles. The van der Waals surface area contributed by atoms with E-state index in [9.17, 15) is 0 Å². The van der Waals surface area contributed by atoms with Crippen LogP contribution >= 0.6 is 0 Å². The summed E-state index contributed by atoms with van der Waals surface area (Å²) >= 11 is 0. The summed E-state index contributed by atoms with van der Waals surface area (Å²) in [6.07, 6.45) is 4.67. The number of hydrogen-bond acceptors (Lipinski definition) is 0. The molecule has 0 amide bonds. The summed E-state index contributed by atoms with van der Waals surface area (Å²) in [5.41, 5.74) is 15.6. The zero-order valence-corrected chi connectivity index (χ0v) is 18.7. The van der Waals surface area contributed by atoms with Crippen LogP contribution in [0.15, 0.2) is 121 Å². The minimum absolute atomic E-state index is 1.22. The predicted molar refractivity (Wildman–Crippen MR) is 144 cm³/mol. The van der Waals surface area contributed by atoms with E-state index in [4.69, 9.17) is 0 Å². The van der Waals surface area contributed by atoms with E-state index < -0.39 is 0 Å². The number of rotatable bonds is 2. The highest BCUT2D eigenvalue weighted by Crippen LogP contribution is 2.46. The van der Waals surface area contributed by atoms with Crippen molar-refractivity contribution in [2.45, 2.75) is 0 Å². The van der Waals surface area contributed by atoms with Crippen molar-refractivity contribution in [1.29, 1.82) is 0 Å². The molecule has 0 aliphatic heterocycles. The molecule has 0 spiro atoms. The summed E-state index contributed by atoms with van der Waals surface area (Å²) in [5, 5.41) is 0. The highest BCUT2D eigenvalue weighted by Gasteiger charge is 2.23. The number of hydrogen-bond donors (Lipinski definition) is 0. The van der Waals surface area contributed by atoms with Crippen molar-refractivity contribution in [3.05, 3.63) is 155 Å². The minimum atomic E-state index is 1.22. The molecular weight excluding hydrogens is 408 g/mol. The van der Waals surface area contributed by atoms with Crippen LogP contribution in [0.2, 0.25) is 0 Å². The van der Waals surface area contributed by atoms with E-state index in [1.807, 2.05) is 0 Å². The van der Waals surface area contributed by atoms with Crippen LogP contribution in [0.1, 0.15) is 33.4 Å². The quantitative estimate of drug-likeness (QED) is 0.257. The molecule has 7 rings (SSSR count). The summed E-state index contributed by atoms with van der Waals surface area (Å²) < 4.78 is 0. The van der Waals surface area contributed by atoms with Crippen LogP contribution in [0.3, 0.4) is 0 Å². The lowest BCUT2D eigenvalue weighted by Gasteiger charge is -2.06. The SMILES string of the molecule is C(=C1c2ccccc2-c2ccccc21)c1cccc(C=C2c3ccccc3-c3ccccc32)c1. The first-order valence-electron chi connectivity index (χ1n) is 11.8. The number of benzene rings is 5. The Morgan fingerprint density at radius 2 is 0.588 bits per heavy atom. The van der Waals surface area contributed by atoms with Gasteiger partial charge in [0.05, 0.1) is 0 Å². The zero-order valence-electron chi connectivity index (χ0n) is 18.7. The predicted octanol–water partition coefficient (Wildman–Crippen LogP) is 8.83. The molecule has 0 nitrogen and oxygen atoms in total. The molecule has 0 heterocycles. The average Bonchev–Trinajstić information content (AvgIpc) is 3.38. The molecule has 2 aliphatic rings. The van der Waals surface area contributed by atoms with Crippen LogP contribution < -0.4 is 0 Å². The van der Waals surface area contributed by atoms with Crippen molar-refractivity contribution in [3.8, 4) is 22.3 Å². The maximum absolute atomic E-state index is 2.34. The van der Waals surface area contributed by atoms with Gasteiger partial charge in [-0.15, -0.1) is 0 Å². The second-order valence-electron chi connectivity index (χ2n) is 8.97. The first-order valence-corrected chi connectivity index (χ1v) is 11.8. The fourth-order valence-corrected chi connectivity index (χ4v) is 5.48. The summed E-state index contributed by atoms with van der Waals surface area (Å²) in [6.45, 7) is 0. The van der Waals surface area contributed by atoms with Gasteiger partial charge in [0.2, 0.25) is 0 Å². The molecular formula is C34H22. The van der Waals surface area contributed by atoms with Gasteiger partial charge in [0.15, 0.2) is 0 Å². The first-order chi connectivity index (χ1) is 16.9. The van der Waals surface area contributed by atoms with Gasteiger partial charge in [0, 0.05) is 0 Å². The standard InChI is InChI=1S/C34H22/c1-5-16-29-25(12-1)26-13-2-6-17-30(26)33(29)21-23-10-9-11-24(20-23)22-34-31-18-7-3-14-27(31)28-15-4-8-19-32(28)34/h1-22H. The van der Waals surface area contributed by atoms with E-state index in [0.29, 0.717) is 0 Å². The van der Waals surface area contributed by atoms with E-state index in [1.165, 1.54) is 66.8 Å². The summed E-state index contributed by atoms with van der Waals surface area (Å²) in [5.74, 6) is 0. The summed E-state index contributed by atoms with van der Waals surface area (Å²) in [6, 6.07) is 43.8. The molecule has 0 saturated heterocycles. The monoisotopic (exact) mass is 430 g/mol. The average molecular weight is 431 g/mol. The fourth-order valence-electron chi connectivity index (χ4n) is 5.48. The molecule has 0 aromatic heterocycles. The summed E-state index contributed by atoms with van der Waals surface area (Å²) in [7, 11) is 0. The van der Waals surface area contributed by atoms with Gasteiger partial charge in [-0.05, 0) is 85.0 Å². The van der Waals surface area contributed by atoms with Gasteiger partial charge in [0.1, 0.15) is 0 Å². The van der Waals surface area contributed by atoms with Crippen molar-refractivity contribution >= 4 is 23.3 Å². The van der Waals surface area contributed by atoms with Gasteiger partial charge in [0.25, 0.3) is 0 Å². The topological polar surface area (TPSA) is 0 Å². The Balaban J connectivity index is 1.35. The third kappa shape index (κ3) is 2.93. The molecule has 5 aromatic carbocycles. The second kappa shape index (κ2) is 7.57. The van der Waals surface area contributed by atoms with Crippen LogP contribution in [0.5, 0.6) is 0 Å². The molecule has 5 aromatic rings. The second-order valence-corrected chi connectivity index (χ2v) is 8.97. The van der Waals surface area contributed by atoms with Crippen molar-refractivity contribution < 1.29 is 0 Å². The highest BCUT2D eigenvalue weighted by atomic mass is 14.3. The Morgan fingerprint density at radius 1 is 0.294 bits per heavy atom. The van der Waals surface area contributed by atoms with Gasteiger partial charge in [-0.25, -0.2) is 0 Å². The van der Waals surface area contributed by atoms with E-state index in [2.05, 4.69) is 133 Å². The molecule has 0 fully saturated rings. The molecule has 0 heteroatoms. The number of fused-ring (bicyclic) bond motifs is 6. The Labute approximate surface area is 200 Å². The van der Waals surface area contributed by atoms with E-state index in [-0.39, 0.29) is 0 Å². The Morgan fingerprint density at radius 3 is 0.912 bits per heavy atom. The Kier molecular flexibility index (Phi) is 4.25. The molecule has 0 atom stereocenters. The molecule has 0 N–H and O–H groups in total. The van der Waals surface area contributed by atoms with Gasteiger partial charge in [-0.2, -0.15) is 0 Å². The smallest absolute Gasteiger partial charge is 0.00930 e. The highest BCUT2D eigenvalue weighted by molar-refractivity contribution is 6.08. The van der Waals surface area contributed by atoms with Crippen LogP contribution in [0.4, 0.5) is 0 Å². The van der Waals surface area contributed by atoms with Crippen molar-refractivity contribution in [3.63, 3.8) is 0 Å². The van der Waals surface area contributed by atoms with Crippen molar-refractivity contribution in [1.82, 2.24) is 0 Å². The third-order valence-electron chi connectivity index (χ3n) is 6.98. The van der Waals surface area contributed by atoms with Gasteiger partial charge < -0.3 is 0 Å². The molecule has 0 unspecified atom stereocenters. The van der Waals surface area contributed by atoms with Crippen LogP contribution in [0, 0.1) is 0 Å². The maximum Gasteiger partial charge on any atom is -0.00930 e. The lowest BCUT2D eigenvalue weighted by Crippen LogP contribution is -1.85. The van der Waals surface area contributed by atoms with E-state index in [1.54, 1.807) is 0 Å². The molecule has 0 radical (unpaired) electrons. The Bertz CT molecular complexity index is 1430. The van der Waals surface area contributed by atoms with Crippen molar-refractivity contribution in [2.24, 2.45) is 0 Å². The molecule has 0 bridgehead atoms. The fraction of sp³-hybridized carbons (Fsp3) is 0. The Hall–Kier alpha value is -4.42. The van der Waals surface area contributed by atoms with E-state index in [0.717, 1.165) is 0 Å². The lowest BCUT2D eigenvalue weighted by atomic mass is 9.98. The molecule has 0 saturated carbocycles. The van der Waals surface area contributed by atoms with Gasteiger partial charge >= 0.3 is 0 Å². The zero-order chi connectivity index (χ0) is 22.5. The third-order valence-corrected chi connectivity index (χ3v) is 6.98. The first kappa shape index (κ1) is 19.1. The van der Waals surface area contributed by atoms with Gasteiger partial charge in [-0.3, -0.25) is 0 Å². The normalized spacial score (nSPS) is 12.6. The van der Waals surface area contributed by atoms with Crippen molar-refractivity contribution in [2.75, 3.05) is 0 Å². The van der Waals surface area contributed by atoms with Crippen LogP contribution in [0.25, 0.3) is 45.6 Å². The largest absolute Gasteiger partial charge is 0.0616 e. The molecule has 158 valence electrons. The summed E-state index contributed by atoms with van der Waals surface area (Å²) in [4.78, 5) is 0. The van der Waals surface area contributed by atoms with E-state index >= 15 is 0 Å². The van der Waals surface area contributed by atoms with Crippen LogP contribution in [-0.4, -0.2) is 0 Å². The molecule has 34 heavy (non-hydrogen) atoms. The maximum atomic E-state index is 2.34. The van der Waals surface area contributed by atoms with Gasteiger partial charge in [-0.1, -0.05) is 115 Å². The van der Waals surface area contributed by atoms with Crippen LogP contribution in [-0.2, 0) is 0 Å². The minimum Gasteiger partial charge on any atom is -0.0616 e.